The summed E-state index contributed by atoms with van der Waals surface area (Å²) in [7, 11) is 3.63. The summed E-state index contributed by atoms with van der Waals surface area (Å²) in [4.78, 5) is 28.3. The Morgan fingerprint density at radius 2 is 2.14 bits per heavy atom. The summed E-state index contributed by atoms with van der Waals surface area (Å²) in [5.41, 5.74) is 0. The third kappa shape index (κ3) is 3.75. The van der Waals surface area contributed by atoms with Crippen LogP contribution < -0.4 is 0 Å². The second-order valence-corrected chi connectivity index (χ2v) is 4.82. The summed E-state index contributed by atoms with van der Waals surface area (Å²) in [6.45, 7) is 0. The summed E-state index contributed by atoms with van der Waals surface area (Å²) in [5.74, 6) is 0.237. The van der Waals surface area contributed by atoms with Crippen molar-refractivity contribution in [2.24, 2.45) is 4.99 Å². The standard InChI is InChI=1S/C11H12N6O3S/c1-16(2)6-12-10-13-9(14-11(15-10)21-3)7-4-5-8(20-7)17(18)19/h4-6H,1-3H3. The Labute approximate surface area is 124 Å². The predicted octanol–water partition coefficient (Wildman–Crippen LogP) is 1.98. The second kappa shape index (κ2) is 6.31. The highest BCUT2D eigenvalue weighted by atomic mass is 32.2. The van der Waals surface area contributed by atoms with Crippen LogP contribution in [0.1, 0.15) is 0 Å². The highest BCUT2D eigenvalue weighted by molar-refractivity contribution is 7.98. The van der Waals surface area contributed by atoms with Gasteiger partial charge in [-0.2, -0.15) is 15.0 Å². The molecule has 9 nitrogen and oxygen atoms in total. The zero-order chi connectivity index (χ0) is 15.4. The summed E-state index contributed by atoms with van der Waals surface area (Å²) < 4.78 is 5.09. The van der Waals surface area contributed by atoms with Gasteiger partial charge in [-0.1, -0.05) is 11.8 Å². The van der Waals surface area contributed by atoms with E-state index in [9.17, 15) is 10.1 Å². The average Bonchev–Trinajstić information content (AvgIpc) is 2.94. The van der Waals surface area contributed by atoms with Gasteiger partial charge in [0.2, 0.25) is 5.82 Å². The minimum Gasteiger partial charge on any atom is -0.397 e. The van der Waals surface area contributed by atoms with E-state index in [0.717, 1.165) is 0 Å². The summed E-state index contributed by atoms with van der Waals surface area (Å²) in [5, 5.41) is 11.1. The first-order valence-electron chi connectivity index (χ1n) is 5.75. The Kier molecular flexibility index (Phi) is 4.48. The lowest BCUT2D eigenvalue weighted by Crippen LogP contribution is -2.07. The molecule has 0 bridgehead atoms. The number of furan rings is 1. The lowest BCUT2D eigenvalue weighted by Gasteiger charge is -2.03. The van der Waals surface area contributed by atoms with E-state index in [0.29, 0.717) is 5.16 Å². The van der Waals surface area contributed by atoms with E-state index in [-0.39, 0.29) is 23.4 Å². The first kappa shape index (κ1) is 14.9. The number of rotatable bonds is 5. The van der Waals surface area contributed by atoms with Crippen LogP contribution in [0.25, 0.3) is 11.6 Å². The van der Waals surface area contributed by atoms with Crippen LogP contribution in [0.15, 0.2) is 26.7 Å². The molecule has 0 spiro atoms. The Balaban J connectivity index is 2.42. The van der Waals surface area contributed by atoms with Crippen molar-refractivity contribution in [3.8, 4) is 11.6 Å². The molecule has 110 valence electrons. The first-order chi connectivity index (χ1) is 9.99. The predicted molar refractivity (Wildman–Crippen MR) is 77.8 cm³/mol. The van der Waals surface area contributed by atoms with Crippen molar-refractivity contribution in [3.63, 3.8) is 0 Å². The number of aliphatic imine (C=N–C) groups is 1. The summed E-state index contributed by atoms with van der Waals surface area (Å²) >= 11 is 1.31. The molecule has 0 aliphatic heterocycles. The smallest absolute Gasteiger partial charge is 0.397 e. The Morgan fingerprint density at radius 3 is 2.71 bits per heavy atom. The van der Waals surface area contributed by atoms with Gasteiger partial charge in [0.1, 0.15) is 4.92 Å². The molecular weight excluding hydrogens is 296 g/mol. The molecule has 0 aromatic carbocycles. The number of hydrogen-bond donors (Lipinski definition) is 0. The molecular formula is C11H12N6O3S. The van der Waals surface area contributed by atoms with Crippen LogP contribution in [0, 0.1) is 10.1 Å². The molecule has 0 saturated carbocycles. The molecule has 10 heteroatoms. The van der Waals surface area contributed by atoms with E-state index in [1.165, 1.54) is 23.9 Å². The highest BCUT2D eigenvalue weighted by Crippen LogP contribution is 2.25. The molecule has 0 atom stereocenters. The molecule has 0 fully saturated rings. The molecule has 0 unspecified atom stereocenters. The zero-order valence-corrected chi connectivity index (χ0v) is 12.4. The van der Waals surface area contributed by atoms with Crippen LogP contribution in [-0.2, 0) is 0 Å². The third-order valence-electron chi connectivity index (χ3n) is 2.18. The largest absolute Gasteiger partial charge is 0.433 e. The van der Waals surface area contributed by atoms with Gasteiger partial charge in [0, 0.05) is 14.1 Å². The van der Waals surface area contributed by atoms with Gasteiger partial charge in [-0.3, -0.25) is 10.1 Å². The number of nitrogens with zero attached hydrogens (tertiary/aromatic N) is 6. The normalized spacial score (nSPS) is 11.0. The topological polar surface area (TPSA) is 111 Å². The highest BCUT2D eigenvalue weighted by Gasteiger charge is 2.16. The van der Waals surface area contributed by atoms with E-state index in [1.807, 2.05) is 20.4 Å². The monoisotopic (exact) mass is 308 g/mol. The van der Waals surface area contributed by atoms with Gasteiger partial charge in [0.05, 0.1) is 12.4 Å². The maximum absolute atomic E-state index is 10.6. The van der Waals surface area contributed by atoms with E-state index in [2.05, 4.69) is 19.9 Å². The van der Waals surface area contributed by atoms with E-state index in [4.69, 9.17) is 4.42 Å². The lowest BCUT2D eigenvalue weighted by molar-refractivity contribution is -0.401. The Bertz CT molecular complexity index is 684. The Hall–Kier alpha value is -2.49. The molecule has 0 radical (unpaired) electrons. The molecule has 0 saturated heterocycles. The molecule has 2 aromatic rings. The van der Waals surface area contributed by atoms with Crippen LogP contribution in [0.5, 0.6) is 0 Å². The van der Waals surface area contributed by atoms with Crippen molar-refractivity contribution in [3.05, 3.63) is 22.2 Å². The summed E-state index contributed by atoms with van der Waals surface area (Å²) in [6.07, 6.45) is 3.36. The third-order valence-corrected chi connectivity index (χ3v) is 2.73. The van der Waals surface area contributed by atoms with Crippen molar-refractivity contribution in [1.29, 1.82) is 0 Å². The molecule has 0 amide bonds. The average molecular weight is 308 g/mol. The minimum absolute atomic E-state index is 0.195. The maximum Gasteiger partial charge on any atom is 0.433 e. The fourth-order valence-electron chi connectivity index (χ4n) is 1.32. The number of nitro groups is 1. The first-order valence-corrected chi connectivity index (χ1v) is 6.97. The van der Waals surface area contributed by atoms with Gasteiger partial charge < -0.3 is 9.32 Å². The number of hydrogen-bond acceptors (Lipinski definition) is 8. The molecule has 2 aromatic heterocycles. The van der Waals surface area contributed by atoms with E-state index in [1.54, 1.807) is 11.2 Å². The zero-order valence-electron chi connectivity index (χ0n) is 11.5. The van der Waals surface area contributed by atoms with Crippen LogP contribution in [-0.4, -0.2) is 51.5 Å². The van der Waals surface area contributed by atoms with E-state index >= 15 is 0 Å². The van der Waals surface area contributed by atoms with Gasteiger partial charge in [0.15, 0.2) is 10.9 Å². The van der Waals surface area contributed by atoms with Gasteiger partial charge in [-0.15, -0.1) is 0 Å². The molecule has 0 aliphatic carbocycles. The minimum atomic E-state index is -0.620. The molecule has 21 heavy (non-hydrogen) atoms. The molecule has 2 rings (SSSR count). The van der Waals surface area contributed by atoms with Crippen LogP contribution in [0.4, 0.5) is 11.8 Å². The van der Waals surface area contributed by atoms with Crippen LogP contribution >= 0.6 is 11.8 Å². The van der Waals surface area contributed by atoms with Crippen molar-refractivity contribution in [2.45, 2.75) is 5.16 Å². The number of thioether (sulfide) groups is 1. The number of aromatic nitrogens is 3. The van der Waals surface area contributed by atoms with Crippen LogP contribution in [0.2, 0.25) is 0 Å². The van der Waals surface area contributed by atoms with Crippen molar-refractivity contribution >= 4 is 29.9 Å². The quantitative estimate of drug-likeness (QED) is 0.271. The van der Waals surface area contributed by atoms with Crippen molar-refractivity contribution in [1.82, 2.24) is 19.9 Å². The fraction of sp³-hybridized carbons (Fsp3) is 0.273. The maximum atomic E-state index is 10.6. The van der Waals surface area contributed by atoms with E-state index < -0.39 is 4.92 Å². The molecule has 0 aliphatic rings. The van der Waals surface area contributed by atoms with Crippen LogP contribution in [0.3, 0.4) is 0 Å². The van der Waals surface area contributed by atoms with Crippen molar-refractivity contribution in [2.75, 3.05) is 20.4 Å². The lowest BCUT2D eigenvalue weighted by atomic mass is 10.4. The summed E-state index contributed by atoms with van der Waals surface area (Å²) in [6, 6.07) is 2.69. The van der Waals surface area contributed by atoms with Gasteiger partial charge in [0.25, 0.3) is 5.95 Å². The van der Waals surface area contributed by atoms with Gasteiger partial charge in [-0.25, -0.2) is 4.99 Å². The molecule has 0 N–H and O–H groups in total. The van der Waals surface area contributed by atoms with Crippen molar-refractivity contribution < 1.29 is 9.34 Å². The fourth-order valence-corrected chi connectivity index (χ4v) is 1.67. The van der Waals surface area contributed by atoms with Gasteiger partial charge in [-0.05, 0) is 12.3 Å². The SMILES string of the molecule is CSc1nc(N=CN(C)C)nc(-c2ccc([N+](=O)[O-])o2)n1. The Morgan fingerprint density at radius 1 is 1.38 bits per heavy atom. The molecule has 2 heterocycles. The van der Waals surface area contributed by atoms with Gasteiger partial charge >= 0.3 is 5.88 Å². The second-order valence-electron chi connectivity index (χ2n) is 4.05.